The maximum atomic E-state index is 12.5. The molecule has 2 aromatic rings. The number of esters is 1. The SMILES string of the molecule is CCn1nc(C)c(C)c1/C(OCOC(=O)C(F)(F)F)=C(\C#N)c1ccc(C(C)(C)C)cc1. The van der Waals surface area contributed by atoms with Crippen LogP contribution < -0.4 is 0 Å². The molecule has 0 aliphatic carbocycles. The van der Waals surface area contributed by atoms with Crippen LogP contribution in [0.2, 0.25) is 0 Å². The van der Waals surface area contributed by atoms with Crippen molar-refractivity contribution in [1.29, 1.82) is 5.26 Å². The molecule has 0 radical (unpaired) electrons. The second kappa shape index (κ2) is 9.47. The summed E-state index contributed by atoms with van der Waals surface area (Å²) < 4.78 is 48.8. The molecule has 0 saturated heterocycles. The number of rotatable bonds is 6. The van der Waals surface area contributed by atoms with E-state index in [2.05, 4.69) is 36.7 Å². The Morgan fingerprint density at radius 1 is 1.12 bits per heavy atom. The van der Waals surface area contributed by atoms with Crippen molar-refractivity contribution in [3.63, 3.8) is 0 Å². The molecule has 9 heteroatoms. The number of aromatic nitrogens is 2. The van der Waals surface area contributed by atoms with Crippen LogP contribution in [-0.4, -0.2) is 28.7 Å². The van der Waals surface area contributed by atoms with E-state index in [1.807, 2.05) is 19.1 Å². The van der Waals surface area contributed by atoms with Gasteiger partial charge < -0.3 is 9.47 Å². The third kappa shape index (κ3) is 5.49. The molecule has 0 spiro atoms. The zero-order valence-electron chi connectivity index (χ0n) is 18.9. The Labute approximate surface area is 185 Å². The minimum atomic E-state index is -5.15. The highest BCUT2D eigenvalue weighted by atomic mass is 19.4. The summed E-state index contributed by atoms with van der Waals surface area (Å²) in [6, 6.07) is 9.34. The van der Waals surface area contributed by atoms with Gasteiger partial charge in [-0.2, -0.15) is 23.5 Å². The van der Waals surface area contributed by atoms with Gasteiger partial charge in [0.05, 0.1) is 5.69 Å². The quantitative estimate of drug-likeness (QED) is 0.259. The molecule has 0 N–H and O–H groups in total. The zero-order chi connectivity index (χ0) is 24.3. The Morgan fingerprint density at radius 2 is 1.72 bits per heavy atom. The molecule has 0 amide bonds. The van der Waals surface area contributed by atoms with Gasteiger partial charge in [0.15, 0.2) is 5.76 Å². The largest absolute Gasteiger partial charge is 0.491 e. The van der Waals surface area contributed by atoms with Crippen LogP contribution in [0, 0.1) is 25.2 Å². The van der Waals surface area contributed by atoms with Crippen molar-refractivity contribution in [2.75, 3.05) is 6.79 Å². The van der Waals surface area contributed by atoms with Crippen LogP contribution >= 0.6 is 0 Å². The fraction of sp³-hybridized carbons (Fsp3) is 0.435. The summed E-state index contributed by atoms with van der Waals surface area (Å²) in [6.45, 7) is 11.0. The number of alkyl halides is 3. The Hall–Kier alpha value is -3.28. The van der Waals surface area contributed by atoms with Gasteiger partial charge in [0.1, 0.15) is 17.3 Å². The smallest absolute Gasteiger partial charge is 0.454 e. The van der Waals surface area contributed by atoms with E-state index in [0.29, 0.717) is 29.1 Å². The molecule has 0 bridgehead atoms. The highest BCUT2D eigenvalue weighted by Crippen LogP contribution is 2.32. The molecule has 0 saturated carbocycles. The van der Waals surface area contributed by atoms with Crippen LogP contribution in [-0.2, 0) is 26.2 Å². The molecule has 6 nitrogen and oxygen atoms in total. The highest BCUT2D eigenvalue weighted by Gasteiger charge is 2.41. The van der Waals surface area contributed by atoms with Crippen LogP contribution in [0.25, 0.3) is 11.3 Å². The molecular formula is C23H26F3N3O3. The van der Waals surface area contributed by atoms with Gasteiger partial charge >= 0.3 is 12.1 Å². The number of hydrogen-bond donors (Lipinski definition) is 0. The minimum absolute atomic E-state index is 0.00840. The Balaban J connectivity index is 2.59. The lowest BCUT2D eigenvalue weighted by Gasteiger charge is -2.20. The van der Waals surface area contributed by atoms with Crippen molar-refractivity contribution >= 4 is 17.3 Å². The highest BCUT2D eigenvalue weighted by molar-refractivity contribution is 5.94. The lowest BCUT2D eigenvalue weighted by atomic mass is 9.86. The van der Waals surface area contributed by atoms with Crippen molar-refractivity contribution < 1.29 is 27.4 Å². The predicted octanol–water partition coefficient (Wildman–Crippen LogP) is 5.29. The van der Waals surface area contributed by atoms with E-state index in [9.17, 15) is 23.2 Å². The van der Waals surface area contributed by atoms with Gasteiger partial charge in [0.2, 0.25) is 6.79 Å². The number of carbonyl (C=O) groups is 1. The third-order valence-corrected chi connectivity index (χ3v) is 4.94. The van der Waals surface area contributed by atoms with Gasteiger partial charge in [-0.1, -0.05) is 45.0 Å². The molecule has 1 heterocycles. The maximum Gasteiger partial charge on any atom is 0.491 e. The van der Waals surface area contributed by atoms with Gasteiger partial charge in [0, 0.05) is 12.1 Å². The number of carbonyl (C=O) groups excluding carboxylic acids is 1. The summed E-state index contributed by atoms with van der Waals surface area (Å²) in [6.07, 6.45) is -5.15. The number of allylic oxidation sites excluding steroid dienone is 1. The van der Waals surface area contributed by atoms with E-state index in [1.165, 1.54) is 0 Å². The van der Waals surface area contributed by atoms with Crippen molar-refractivity contribution in [3.8, 4) is 6.07 Å². The average molecular weight is 449 g/mol. The van der Waals surface area contributed by atoms with Gasteiger partial charge in [-0.3, -0.25) is 4.68 Å². The van der Waals surface area contributed by atoms with Gasteiger partial charge in [-0.15, -0.1) is 0 Å². The van der Waals surface area contributed by atoms with Crippen LogP contribution in [0.15, 0.2) is 24.3 Å². The Bertz CT molecular complexity index is 1050. The molecule has 2 rings (SSSR count). The topological polar surface area (TPSA) is 77.1 Å². The number of nitriles is 1. The lowest BCUT2D eigenvalue weighted by Crippen LogP contribution is -2.26. The van der Waals surface area contributed by atoms with Gasteiger partial charge in [0.25, 0.3) is 0 Å². The predicted molar refractivity (Wildman–Crippen MR) is 113 cm³/mol. The summed E-state index contributed by atoms with van der Waals surface area (Å²) in [4.78, 5) is 11.1. The normalized spacial score (nSPS) is 12.8. The second-order valence-electron chi connectivity index (χ2n) is 8.21. The summed E-state index contributed by atoms with van der Waals surface area (Å²) in [5, 5.41) is 14.3. The summed E-state index contributed by atoms with van der Waals surface area (Å²) in [5.74, 6) is -2.38. The van der Waals surface area contributed by atoms with E-state index in [-0.39, 0.29) is 16.7 Å². The number of ether oxygens (including phenoxy) is 2. The van der Waals surface area contributed by atoms with Gasteiger partial charge in [-0.05, 0) is 37.3 Å². The fourth-order valence-electron chi connectivity index (χ4n) is 3.05. The number of aryl methyl sites for hydroxylation is 2. The molecule has 0 atom stereocenters. The third-order valence-electron chi connectivity index (χ3n) is 4.94. The molecule has 0 aliphatic heterocycles. The molecule has 0 fully saturated rings. The fourth-order valence-corrected chi connectivity index (χ4v) is 3.05. The van der Waals surface area contributed by atoms with Crippen LogP contribution in [0.5, 0.6) is 0 Å². The zero-order valence-corrected chi connectivity index (χ0v) is 18.9. The maximum absolute atomic E-state index is 12.5. The first-order chi connectivity index (χ1) is 14.8. The first-order valence-electron chi connectivity index (χ1n) is 9.97. The van der Waals surface area contributed by atoms with Crippen LogP contribution in [0.4, 0.5) is 13.2 Å². The van der Waals surface area contributed by atoms with Crippen molar-refractivity contribution in [2.24, 2.45) is 0 Å². The van der Waals surface area contributed by atoms with Crippen LogP contribution in [0.3, 0.4) is 0 Å². The Morgan fingerprint density at radius 3 is 2.19 bits per heavy atom. The monoisotopic (exact) mass is 449 g/mol. The van der Waals surface area contributed by atoms with E-state index in [1.54, 1.807) is 30.7 Å². The second-order valence-corrected chi connectivity index (χ2v) is 8.21. The van der Waals surface area contributed by atoms with E-state index >= 15 is 0 Å². The summed E-state index contributed by atoms with van der Waals surface area (Å²) >= 11 is 0. The molecule has 1 aromatic heterocycles. The van der Waals surface area contributed by atoms with E-state index < -0.39 is 18.9 Å². The lowest BCUT2D eigenvalue weighted by molar-refractivity contribution is -0.206. The molecule has 1 aromatic carbocycles. The van der Waals surface area contributed by atoms with E-state index in [0.717, 1.165) is 5.56 Å². The van der Waals surface area contributed by atoms with Gasteiger partial charge in [-0.25, -0.2) is 4.79 Å². The summed E-state index contributed by atoms with van der Waals surface area (Å²) in [7, 11) is 0. The summed E-state index contributed by atoms with van der Waals surface area (Å²) in [5.41, 5.74) is 3.35. The molecule has 0 unspecified atom stereocenters. The Kier molecular flexibility index (Phi) is 7.39. The molecular weight excluding hydrogens is 423 g/mol. The molecule has 32 heavy (non-hydrogen) atoms. The number of benzene rings is 1. The average Bonchev–Trinajstić information content (AvgIpc) is 3.00. The number of nitrogens with zero attached hydrogens (tertiary/aromatic N) is 3. The van der Waals surface area contributed by atoms with Crippen molar-refractivity contribution in [1.82, 2.24) is 9.78 Å². The first kappa shape index (κ1) is 25.0. The number of halogens is 3. The van der Waals surface area contributed by atoms with Crippen molar-refractivity contribution in [3.05, 3.63) is 52.3 Å². The standard InChI is InChI=1S/C23H26F3N3O3/c1-7-29-19(14(2)15(3)28-29)20(31-13-32-21(30)23(24,25)26)18(12-27)16-8-10-17(11-9-16)22(4,5)6/h8-11H,7,13H2,1-6H3/b20-18-. The van der Waals surface area contributed by atoms with Crippen molar-refractivity contribution in [2.45, 2.75) is 59.7 Å². The van der Waals surface area contributed by atoms with Crippen LogP contribution in [0.1, 0.15) is 55.8 Å². The number of hydrogen-bond acceptors (Lipinski definition) is 5. The first-order valence-corrected chi connectivity index (χ1v) is 9.97. The molecule has 172 valence electrons. The minimum Gasteiger partial charge on any atom is -0.454 e. The molecule has 0 aliphatic rings. The van der Waals surface area contributed by atoms with E-state index in [4.69, 9.17) is 4.74 Å².